The number of carbonyl (C=O) groups excluding carboxylic acids is 1. The summed E-state index contributed by atoms with van der Waals surface area (Å²) in [5.41, 5.74) is 0.425. The molecule has 1 aliphatic rings. The van der Waals surface area contributed by atoms with Gasteiger partial charge in [0.05, 0.1) is 6.54 Å². The molecule has 1 aliphatic heterocycles. The van der Waals surface area contributed by atoms with Gasteiger partial charge in [-0.1, -0.05) is 20.8 Å². The molecule has 1 rings (SSSR count). The Kier molecular flexibility index (Phi) is 2.89. The molecule has 0 unspecified atom stereocenters. The maximum Gasteiger partial charge on any atom is 0.146 e. The first-order valence-corrected chi connectivity index (χ1v) is 4.77. The summed E-state index contributed by atoms with van der Waals surface area (Å²) >= 11 is 0. The maximum absolute atomic E-state index is 11.1. The highest BCUT2D eigenvalue weighted by Crippen LogP contribution is 2.28. The smallest absolute Gasteiger partial charge is 0.146 e. The molecule has 0 atom stereocenters. The Morgan fingerprint density at radius 1 is 1.50 bits per heavy atom. The zero-order valence-corrected chi connectivity index (χ0v) is 8.39. The van der Waals surface area contributed by atoms with Crippen molar-refractivity contribution in [2.75, 3.05) is 19.6 Å². The fourth-order valence-corrected chi connectivity index (χ4v) is 1.72. The topological polar surface area (TPSA) is 20.3 Å². The first-order valence-electron chi connectivity index (χ1n) is 4.77. The van der Waals surface area contributed by atoms with Crippen molar-refractivity contribution in [3.8, 4) is 0 Å². The molecule has 2 heteroatoms. The molecule has 12 heavy (non-hydrogen) atoms. The van der Waals surface area contributed by atoms with Gasteiger partial charge in [0.25, 0.3) is 0 Å². The third-order valence-corrected chi connectivity index (χ3v) is 2.55. The lowest BCUT2D eigenvalue weighted by atomic mass is 9.93. The second-order valence-corrected chi connectivity index (χ2v) is 4.52. The molecular formula is C10H19NO. The van der Waals surface area contributed by atoms with E-state index >= 15 is 0 Å². The highest BCUT2D eigenvalue weighted by atomic mass is 16.1. The average molecular weight is 169 g/mol. The lowest BCUT2D eigenvalue weighted by Crippen LogP contribution is -2.28. The van der Waals surface area contributed by atoms with Crippen molar-refractivity contribution in [3.63, 3.8) is 0 Å². The third kappa shape index (κ3) is 2.59. The Morgan fingerprint density at radius 2 is 2.17 bits per heavy atom. The Balaban J connectivity index is 2.33. The molecule has 0 aliphatic carbocycles. The van der Waals surface area contributed by atoms with Crippen LogP contribution in [0.4, 0.5) is 0 Å². The Morgan fingerprint density at radius 3 is 2.58 bits per heavy atom. The summed E-state index contributed by atoms with van der Waals surface area (Å²) in [6.07, 6.45) is 1.90. The van der Waals surface area contributed by atoms with Gasteiger partial charge < -0.3 is 0 Å². The average Bonchev–Trinajstić information content (AvgIpc) is 2.30. The number of hydrogen-bond donors (Lipinski definition) is 0. The first-order chi connectivity index (χ1) is 5.53. The predicted octanol–water partition coefficient (Wildman–Crippen LogP) is 1.70. The van der Waals surface area contributed by atoms with Gasteiger partial charge in [0.1, 0.15) is 5.78 Å². The molecule has 0 saturated carbocycles. The molecule has 0 aromatic carbocycles. The van der Waals surface area contributed by atoms with Crippen molar-refractivity contribution in [1.29, 1.82) is 0 Å². The highest BCUT2D eigenvalue weighted by molar-refractivity contribution is 5.80. The summed E-state index contributed by atoms with van der Waals surface area (Å²) in [5, 5.41) is 0. The molecule has 2 nitrogen and oxygen atoms in total. The normalized spacial score (nSPS) is 22.9. The summed E-state index contributed by atoms with van der Waals surface area (Å²) in [5.74, 6) is 0.368. The highest BCUT2D eigenvalue weighted by Gasteiger charge is 2.29. The second kappa shape index (κ2) is 3.56. The van der Waals surface area contributed by atoms with Gasteiger partial charge in [0.15, 0.2) is 0 Å². The summed E-state index contributed by atoms with van der Waals surface area (Å²) < 4.78 is 0. The van der Waals surface area contributed by atoms with Crippen molar-refractivity contribution in [3.05, 3.63) is 0 Å². The van der Waals surface area contributed by atoms with Crippen LogP contribution in [-0.4, -0.2) is 30.3 Å². The Labute approximate surface area is 74.9 Å². The van der Waals surface area contributed by atoms with Crippen molar-refractivity contribution in [1.82, 2.24) is 4.90 Å². The number of Topliss-reactive ketones (excluding diaryl/α,β-unsaturated/α-hetero) is 1. The molecule has 0 aromatic rings. The number of hydrogen-bond acceptors (Lipinski definition) is 2. The van der Waals surface area contributed by atoms with Crippen LogP contribution in [0.1, 0.15) is 33.6 Å². The predicted molar refractivity (Wildman–Crippen MR) is 50.1 cm³/mol. The van der Waals surface area contributed by atoms with Crippen LogP contribution in [0.5, 0.6) is 0 Å². The van der Waals surface area contributed by atoms with Gasteiger partial charge >= 0.3 is 0 Å². The van der Waals surface area contributed by atoms with Gasteiger partial charge in [-0.15, -0.1) is 0 Å². The monoisotopic (exact) mass is 169 g/mol. The van der Waals surface area contributed by atoms with Crippen LogP contribution in [0.2, 0.25) is 0 Å². The van der Waals surface area contributed by atoms with E-state index in [1.54, 1.807) is 0 Å². The van der Waals surface area contributed by atoms with Crippen molar-refractivity contribution in [2.24, 2.45) is 5.41 Å². The number of rotatable bonds is 3. The van der Waals surface area contributed by atoms with Crippen LogP contribution in [-0.2, 0) is 4.79 Å². The fourth-order valence-electron chi connectivity index (χ4n) is 1.72. The quantitative estimate of drug-likeness (QED) is 0.641. The van der Waals surface area contributed by atoms with Crippen LogP contribution in [0.3, 0.4) is 0 Å². The molecule has 0 aromatic heterocycles. The zero-order valence-electron chi connectivity index (χ0n) is 8.39. The number of carbonyl (C=O) groups is 1. The molecular weight excluding hydrogens is 150 g/mol. The van der Waals surface area contributed by atoms with Crippen LogP contribution < -0.4 is 0 Å². The lowest BCUT2D eigenvalue weighted by molar-refractivity contribution is -0.119. The molecule has 70 valence electrons. The minimum Gasteiger partial charge on any atom is -0.298 e. The minimum atomic E-state index is 0.368. The van der Waals surface area contributed by atoms with E-state index in [1.807, 2.05) is 6.92 Å². The second-order valence-electron chi connectivity index (χ2n) is 4.52. The van der Waals surface area contributed by atoms with Gasteiger partial charge in [-0.05, 0) is 18.4 Å². The van der Waals surface area contributed by atoms with Gasteiger partial charge in [0, 0.05) is 13.0 Å². The van der Waals surface area contributed by atoms with E-state index < -0.39 is 0 Å². The third-order valence-electron chi connectivity index (χ3n) is 2.55. The number of likely N-dealkylation sites (tertiary alicyclic amines) is 1. The molecule has 0 amide bonds. The van der Waals surface area contributed by atoms with Crippen LogP contribution in [0.25, 0.3) is 0 Å². The molecule has 0 bridgehead atoms. The molecule has 1 fully saturated rings. The standard InChI is InChI=1S/C10H19NO/c1-4-9(12)7-11-6-5-10(2,3)8-11/h4-8H2,1-3H3. The van der Waals surface area contributed by atoms with Crippen LogP contribution in [0, 0.1) is 5.41 Å². The number of ketones is 1. The van der Waals surface area contributed by atoms with Gasteiger partial charge in [-0.2, -0.15) is 0 Å². The van der Waals surface area contributed by atoms with E-state index in [4.69, 9.17) is 0 Å². The number of nitrogens with zero attached hydrogens (tertiary/aromatic N) is 1. The van der Waals surface area contributed by atoms with Gasteiger partial charge in [0.2, 0.25) is 0 Å². The van der Waals surface area contributed by atoms with Crippen molar-refractivity contribution in [2.45, 2.75) is 33.6 Å². The fraction of sp³-hybridized carbons (Fsp3) is 0.900. The Hall–Kier alpha value is -0.370. The molecule has 0 spiro atoms. The van der Waals surface area contributed by atoms with E-state index in [2.05, 4.69) is 18.7 Å². The first kappa shape index (κ1) is 9.72. The maximum atomic E-state index is 11.1. The lowest BCUT2D eigenvalue weighted by Gasteiger charge is -2.18. The van der Waals surface area contributed by atoms with E-state index in [1.165, 1.54) is 6.42 Å². The summed E-state index contributed by atoms with van der Waals surface area (Å²) in [7, 11) is 0. The van der Waals surface area contributed by atoms with E-state index in [9.17, 15) is 4.79 Å². The molecule has 0 radical (unpaired) electrons. The SMILES string of the molecule is CCC(=O)CN1CCC(C)(C)C1. The summed E-state index contributed by atoms with van der Waals surface area (Å²) in [4.78, 5) is 13.4. The van der Waals surface area contributed by atoms with E-state index in [-0.39, 0.29) is 0 Å². The molecule has 1 heterocycles. The van der Waals surface area contributed by atoms with Crippen molar-refractivity contribution >= 4 is 5.78 Å². The van der Waals surface area contributed by atoms with Crippen molar-refractivity contribution < 1.29 is 4.79 Å². The minimum absolute atomic E-state index is 0.368. The van der Waals surface area contributed by atoms with Gasteiger partial charge in [-0.25, -0.2) is 0 Å². The van der Waals surface area contributed by atoms with Crippen LogP contribution >= 0.6 is 0 Å². The van der Waals surface area contributed by atoms with E-state index in [0.717, 1.165) is 13.1 Å². The zero-order chi connectivity index (χ0) is 9.19. The van der Waals surface area contributed by atoms with E-state index in [0.29, 0.717) is 24.2 Å². The summed E-state index contributed by atoms with van der Waals surface area (Å²) in [6, 6.07) is 0. The van der Waals surface area contributed by atoms with Gasteiger partial charge in [-0.3, -0.25) is 9.69 Å². The summed E-state index contributed by atoms with van der Waals surface area (Å²) in [6.45, 7) is 9.31. The van der Waals surface area contributed by atoms with Crippen LogP contribution in [0.15, 0.2) is 0 Å². The molecule has 0 N–H and O–H groups in total. The molecule has 1 saturated heterocycles. The Bertz CT molecular complexity index is 175. The largest absolute Gasteiger partial charge is 0.298 e.